The molecule has 2 N–H and O–H groups in total. The first-order valence-corrected chi connectivity index (χ1v) is 11.7. The zero-order valence-corrected chi connectivity index (χ0v) is 18.8. The van der Waals surface area contributed by atoms with E-state index in [0.29, 0.717) is 17.1 Å². The molecular formula is C22H25ClN2O5S. The van der Waals surface area contributed by atoms with Crippen LogP contribution in [0.3, 0.4) is 0 Å². The van der Waals surface area contributed by atoms with Gasteiger partial charge in [-0.15, -0.1) is 0 Å². The number of carboxylic acids is 1. The van der Waals surface area contributed by atoms with Crippen molar-refractivity contribution in [2.45, 2.75) is 50.9 Å². The van der Waals surface area contributed by atoms with E-state index >= 15 is 0 Å². The van der Waals surface area contributed by atoms with Crippen LogP contribution in [-0.2, 0) is 15.3 Å². The summed E-state index contributed by atoms with van der Waals surface area (Å²) in [6.07, 6.45) is 4.30. The van der Waals surface area contributed by atoms with Gasteiger partial charge in [-0.2, -0.15) is 11.8 Å². The summed E-state index contributed by atoms with van der Waals surface area (Å²) in [5.74, 6) is 0.498. The fourth-order valence-electron chi connectivity index (χ4n) is 3.33. The van der Waals surface area contributed by atoms with E-state index in [1.54, 1.807) is 11.8 Å². The van der Waals surface area contributed by atoms with Crippen molar-refractivity contribution in [2.75, 3.05) is 11.1 Å². The molecule has 0 aliphatic heterocycles. The summed E-state index contributed by atoms with van der Waals surface area (Å²) >= 11 is 7.86. The number of ether oxygens (including phenoxy) is 1. The fourth-order valence-corrected chi connectivity index (χ4v) is 4.60. The van der Waals surface area contributed by atoms with Crippen LogP contribution in [0.2, 0.25) is 0 Å². The molecule has 1 atom stereocenters. The first kappa shape index (κ1) is 23.2. The Morgan fingerprint density at radius 1 is 1.29 bits per heavy atom. The van der Waals surface area contributed by atoms with Crippen LogP contribution in [0.15, 0.2) is 45.7 Å². The number of halogens is 1. The minimum absolute atomic E-state index is 0.148. The molecule has 0 fully saturated rings. The van der Waals surface area contributed by atoms with Gasteiger partial charge in [0.1, 0.15) is 23.7 Å². The van der Waals surface area contributed by atoms with Gasteiger partial charge in [-0.25, -0.2) is 4.79 Å². The van der Waals surface area contributed by atoms with Crippen LogP contribution in [0, 0.1) is 0 Å². The topological polar surface area (TPSA) is 102 Å². The van der Waals surface area contributed by atoms with Gasteiger partial charge in [0.25, 0.3) is 0 Å². The van der Waals surface area contributed by atoms with Crippen molar-refractivity contribution in [3.63, 3.8) is 0 Å². The number of allylic oxidation sites excluding steroid dienone is 1. The van der Waals surface area contributed by atoms with E-state index in [-0.39, 0.29) is 6.42 Å². The highest BCUT2D eigenvalue weighted by atomic mass is 35.5. The molecule has 166 valence electrons. The van der Waals surface area contributed by atoms with Gasteiger partial charge in [0, 0.05) is 22.1 Å². The molecule has 0 saturated heterocycles. The summed E-state index contributed by atoms with van der Waals surface area (Å²) in [6, 6.07) is 7.66. The highest BCUT2D eigenvalue weighted by Gasteiger charge is 2.21. The largest absolute Gasteiger partial charge is 0.481 e. The van der Waals surface area contributed by atoms with Gasteiger partial charge in [0.15, 0.2) is 0 Å². The molecule has 1 aromatic heterocycles. The molecular weight excluding hydrogens is 440 g/mol. The summed E-state index contributed by atoms with van der Waals surface area (Å²) in [5.41, 5.74) is 3.76. The van der Waals surface area contributed by atoms with Gasteiger partial charge in [-0.3, -0.25) is 10.1 Å². The van der Waals surface area contributed by atoms with Crippen molar-refractivity contribution in [2.24, 2.45) is 0 Å². The van der Waals surface area contributed by atoms with Crippen molar-refractivity contribution in [3.8, 4) is 11.3 Å². The fraction of sp³-hybridized carbons (Fsp3) is 0.409. The maximum Gasteiger partial charge on any atom is 0.412 e. The van der Waals surface area contributed by atoms with Crippen molar-refractivity contribution in [3.05, 3.63) is 46.7 Å². The van der Waals surface area contributed by atoms with Crippen molar-refractivity contribution < 1.29 is 24.0 Å². The molecule has 0 saturated carbocycles. The van der Waals surface area contributed by atoms with Crippen LogP contribution in [0.4, 0.5) is 10.5 Å². The molecule has 1 aromatic carbocycles. The summed E-state index contributed by atoms with van der Waals surface area (Å²) in [4.78, 5) is 23.0. The summed E-state index contributed by atoms with van der Waals surface area (Å²) in [7, 11) is 0. The smallest absolute Gasteiger partial charge is 0.412 e. The van der Waals surface area contributed by atoms with Crippen LogP contribution in [0.5, 0.6) is 0 Å². The van der Waals surface area contributed by atoms with E-state index in [4.69, 9.17) is 26.0 Å². The number of anilines is 1. The lowest BCUT2D eigenvalue weighted by Crippen LogP contribution is -2.23. The summed E-state index contributed by atoms with van der Waals surface area (Å²) in [5, 5.41) is 16.2. The zero-order valence-electron chi connectivity index (χ0n) is 17.2. The number of rotatable bonds is 9. The van der Waals surface area contributed by atoms with Gasteiger partial charge in [0.05, 0.1) is 6.42 Å². The maximum atomic E-state index is 12.4. The van der Waals surface area contributed by atoms with Crippen molar-refractivity contribution in [1.29, 1.82) is 0 Å². The Kier molecular flexibility index (Phi) is 8.43. The predicted octanol–water partition coefficient (Wildman–Crippen LogP) is 6.05. The number of aromatic nitrogens is 1. The average molecular weight is 465 g/mol. The normalized spacial score (nSPS) is 14.9. The Bertz CT molecular complexity index is 942. The molecule has 1 heterocycles. The molecule has 7 nitrogen and oxygen atoms in total. The second-order valence-electron chi connectivity index (χ2n) is 7.28. The van der Waals surface area contributed by atoms with Gasteiger partial charge in [-0.1, -0.05) is 41.0 Å². The molecule has 2 aromatic rings. The van der Waals surface area contributed by atoms with E-state index < -0.39 is 18.2 Å². The highest BCUT2D eigenvalue weighted by molar-refractivity contribution is 7.98. The summed E-state index contributed by atoms with van der Waals surface area (Å²) in [6.45, 7) is 1.82. The zero-order chi connectivity index (χ0) is 22.2. The number of carbonyl (C=O) groups excluding carboxylic acids is 1. The number of nitrogens with zero attached hydrogens (tertiary/aromatic N) is 1. The lowest BCUT2D eigenvalue weighted by atomic mass is 9.96. The van der Waals surface area contributed by atoms with E-state index in [9.17, 15) is 9.59 Å². The second-order valence-corrected chi connectivity index (χ2v) is 8.84. The second kappa shape index (κ2) is 11.2. The Morgan fingerprint density at radius 3 is 2.74 bits per heavy atom. The van der Waals surface area contributed by atoms with Crippen LogP contribution in [0.25, 0.3) is 11.3 Å². The SMILES string of the molecule is CC(OC(=O)Nc1conc1-c1ccc(CSCCC(=O)O)cc1)C1=C(Cl)CCCC1. The monoisotopic (exact) mass is 464 g/mol. The number of carboxylic acid groups (broad SMARTS) is 1. The number of thioether (sulfide) groups is 1. The van der Waals surface area contributed by atoms with E-state index in [2.05, 4.69) is 10.5 Å². The highest BCUT2D eigenvalue weighted by Crippen LogP contribution is 2.31. The van der Waals surface area contributed by atoms with Crippen molar-refractivity contribution >= 4 is 41.1 Å². The first-order chi connectivity index (χ1) is 14.9. The predicted molar refractivity (Wildman–Crippen MR) is 121 cm³/mol. The minimum atomic E-state index is -0.791. The Balaban J connectivity index is 1.57. The third-order valence-corrected chi connectivity index (χ3v) is 6.44. The lowest BCUT2D eigenvalue weighted by molar-refractivity contribution is -0.136. The third-order valence-electron chi connectivity index (χ3n) is 4.98. The Labute approximate surface area is 190 Å². The Hall–Kier alpha value is -2.45. The molecule has 3 rings (SSSR count). The molecule has 1 unspecified atom stereocenters. The van der Waals surface area contributed by atoms with Crippen LogP contribution in [-0.4, -0.2) is 34.2 Å². The van der Waals surface area contributed by atoms with Gasteiger partial charge < -0.3 is 14.4 Å². The van der Waals surface area contributed by atoms with Gasteiger partial charge in [-0.05, 0) is 43.7 Å². The number of benzene rings is 1. The number of aliphatic carboxylic acids is 1. The molecule has 1 amide bonds. The van der Waals surface area contributed by atoms with Gasteiger partial charge in [0.2, 0.25) is 0 Å². The summed E-state index contributed by atoms with van der Waals surface area (Å²) < 4.78 is 10.6. The number of nitrogens with one attached hydrogen (secondary N) is 1. The Morgan fingerprint density at radius 2 is 2.03 bits per heavy atom. The number of amides is 1. The molecule has 0 spiro atoms. The standard InChI is InChI=1S/C22H25ClN2O5S/c1-14(17-4-2-3-5-18(17)23)30-22(28)24-19-12-29-25-21(19)16-8-6-15(7-9-16)13-31-11-10-20(26)27/h6-9,12,14H,2-5,10-11,13H2,1H3,(H,24,28)(H,26,27). The maximum absolute atomic E-state index is 12.4. The van der Waals surface area contributed by atoms with Crippen LogP contribution < -0.4 is 5.32 Å². The first-order valence-electron chi connectivity index (χ1n) is 10.1. The molecule has 1 aliphatic carbocycles. The van der Waals surface area contributed by atoms with E-state index in [1.807, 2.05) is 31.2 Å². The minimum Gasteiger partial charge on any atom is -0.481 e. The quantitative estimate of drug-likeness (QED) is 0.435. The van der Waals surface area contributed by atoms with Crippen LogP contribution in [0.1, 0.15) is 44.6 Å². The van der Waals surface area contributed by atoms with Gasteiger partial charge >= 0.3 is 12.1 Å². The lowest BCUT2D eigenvalue weighted by Gasteiger charge is -2.22. The van der Waals surface area contributed by atoms with Crippen molar-refractivity contribution in [1.82, 2.24) is 5.16 Å². The third kappa shape index (κ3) is 6.77. The molecule has 1 aliphatic rings. The average Bonchev–Trinajstić information content (AvgIpc) is 3.19. The van der Waals surface area contributed by atoms with Crippen LogP contribution >= 0.6 is 23.4 Å². The number of hydrogen-bond acceptors (Lipinski definition) is 6. The number of carbonyl (C=O) groups is 2. The molecule has 31 heavy (non-hydrogen) atoms. The molecule has 9 heteroatoms. The molecule has 0 bridgehead atoms. The van der Waals surface area contributed by atoms with E-state index in [1.165, 1.54) is 6.26 Å². The molecule has 0 radical (unpaired) electrons. The van der Waals surface area contributed by atoms with E-state index in [0.717, 1.165) is 53.2 Å². The number of hydrogen-bond donors (Lipinski definition) is 2.